The number of nitrogens with one attached hydrogen (secondary N) is 1. The monoisotopic (exact) mass is 340 g/mol. The first-order valence-electron chi connectivity index (χ1n) is 8.05. The standard InChI is InChI=1S/C18H20N4OS/c1-18(2)8-13-15(14(23)9-18)16(22-17(21-13)19-10-20-22)11-4-6-12(24-3)7-5-11/h4-7,10,16H,8-9H2,1-3H3,(H,19,20,21)/t16-/m0/s1. The molecule has 2 heterocycles. The van der Waals surface area contributed by atoms with Crippen molar-refractivity contribution in [2.24, 2.45) is 5.41 Å². The topological polar surface area (TPSA) is 59.8 Å². The molecule has 6 heteroatoms. The molecule has 2 aliphatic rings. The number of anilines is 1. The van der Waals surface area contributed by atoms with Gasteiger partial charge in [0.2, 0.25) is 5.95 Å². The highest BCUT2D eigenvalue weighted by molar-refractivity contribution is 7.98. The number of hydrogen-bond donors (Lipinski definition) is 1. The first-order valence-corrected chi connectivity index (χ1v) is 9.28. The fourth-order valence-corrected chi connectivity index (χ4v) is 4.05. The molecule has 0 spiro atoms. The molecule has 1 aliphatic heterocycles. The van der Waals surface area contributed by atoms with E-state index in [1.165, 1.54) is 4.90 Å². The second kappa shape index (κ2) is 5.48. The molecule has 2 aromatic rings. The molecule has 1 aliphatic carbocycles. The molecule has 1 aromatic carbocycles. The van der Waals surface area contributed by atoms with Crippen LogP contribution in [-0.2, 0) is 4.79 Å². The number of carbonyl (C=O) groups is 1. The van der Waals surface area contributed by atoms with Crippen LogP contribution in [0.3, 0.4) is 0 Å². The number of thioether (sulfide) groups is 1. The van der Waals surface area contributed by atoms with Crippen molar-refractivity contribution in [2.75, 3.05) is 11.6 Å². The van der Waals surface area contributed by atoms with Gasteiger partial charge >= 0.3 is 0 Å². The highest BCUT2D eigenvalue weighted by Gasteiger charge is 2.41. The van der Waals surface area contributed by atoms with Crippen LogP contribution in [0.25, 0.3) is 0 Å². The summed E-state index contributed by atoms with van der Waals surface area (Å²) in [4.78, 5) is 18.4. The van der Waals surface area contributed by atoms with Crippen LogP contribution in [0.15, 0.2) is 46.8 Å². The van der Waals surface area contributed by atoms with Crippen molar-refractivity contribution in [3.63, 3.8) is 0 Å². The molecule has 0 saturated heterocycles. The lowest BCUT2D eigenvalue weighted by Gasteiger charge is -2.38. The first-order chi connectivity index (χ1) is 11.5. The number of Topliss-reactive ketones (excluding diaryl/α,β-unsaturated/α-hetero) is 1. The lowest BCUT2D eigenvalue weighted by molar-refractivity contribution is -0.118. The van der Waals surface area contributed by atoms with E-state index in [0.29, 0.717) is 12.4 Å². The minimum absolute atomic E-state index is 0.0294. The van der Waals surface area contributed by atoms with Crippen molar-refractivity contribution in [3.8, 4) is 0 Å². The van der Waals surface area contributed by atoms with E-state index in [1.54, 1.807) is 18.1 Å². The Bertz CT molecular complexity index is 835. The summed E-state index contributed by atoms with van der Waals surface area (Å²) in [7, 11) is 0. The van der Waals surface area contributed by atoms with E-state index >= 15 is 0 Å². The van der Waals surface area contributed by atoms with E-state index in [2.05, 4.69) is 59.8 Å². The molecular weight excluding hydrogens is 320 g/mol. The molecule has 0 bridgehead atoms. The number of allylic oxidation sites excluding steroid dienone is 2. The van der Waals surface area contributed by atoms with Gasteiger partial charge in [-0.1, -0.05) is 26.0 Å². The molecule has 5 nitrogen and oxygen atoms in total. The van der Waals surface area contributed by atoms with Crippen LogP contribution in [0.4, 0.5) is 5.95 Å². The molecule has 4 rings (SSSR count). The van der Waals surface area contributed by atoms with Crippen molar-refractivity contribution in [2.45, 2.75) is 37.6 Å². The van der Waals surface area contributed by atoms with E-state index in [0.717, 1.165) is 23.3 Å². The maximum absolute atomic E-state index is 12.9. The van der Waals surface area contributed by atoms with E-state index in [1.807, 2.05) is 4.68 Å². The summed E-state index contributed by atoms with van der Waals surface area (Å²) < 4.78 is 1.82. The highest BCUT2D eigenvalue weighted by atomic mass is 32.2. The van der Waals surface area contributed by atoms with Crippen LogP contribution in [0.2, 0.25) is 0 Å². The van der Waals surface area contributed by atoms with Gasteiger partial charge in [-0.3, -0.25) is 4.79 Å². The molecule has 24 heavy (non-hydrogen) atoms. The SMILES string of the molecule is CSc1ccc([C@H]2C3=C(CC(C)(C)CC3=O)Nc3ncnn32)cc1. The summed E-state index contributed by atoms with van der Waals surface area (Å²) in [5, 5.41) is 7.70. The van der Waals surface area contributed by atoms with Crippen LogP contribution in [-0.4, -0.2) is 26.8 Å². The zero-order valence-corrected chi connectivity index (χ0v) is 14.9. The lowest BCUT2D eigenvalue weighted by Crippen LogP contribution is -2.36. The second-order valence-corrected chi connectivity index (χ2v) is 8.04. The Morgan fingerprint density at radius 3 is 2.71 bits per heavy atom. The fraction of sp³-hybridized carbons (Fsp3) is 0.389. The minimum Gasteiger partial charge on any atom is -0.328 e. The molecular formula is C18H20N4OS. The third-order valence-corrected chi connectivity index (χ3v) is 5.45. The number of rotatable bonds is 2. The van der Waals surface area contributed by atoms with Crippen LogP contribution in [0, 0.1) is 5.41 Å². The van der Waals surface area contributed by atoms with E-state index < -0.39 is 0 Å². The smallest absolute Gasteiger partial charge is 0.226 e. The number of ketones is 1. The summed E-state index contributed by atoms with van der Waals surface area (Å²) in [5.41, 5.74) is 2.87. The Labute approximate surface area is 145 Å². The van der Waals surface area contributed by atoms with Crippen LogP contribution >= 0.6 is 11.8 Å². The zero-order chi connectivity index (χ0) is 16.9. The van der Waals surface area contributed by atoms with Crippen LogP contribution in [0.1, 0.15) is 38.3 Å². The first kappa shape index (κ1) is 15.4. The molecule has 1 N–H and O–H groups in total. The maximum Gasteiger partial charge on any atom is 0.226 e. The number of benzene rings is 1. The zero-order valence-electron chi connectivity index (χ0n) is 14.0. The number of hydrogen-bond acceptors (Lipinski definition) is 5. The van der Waals surface area contributed by atoms with Crippen LogP contribution < -0.4 is 5.32 Å². The van der Waals surface area contributed by atoms with Gasteiger partial charge in [0.25, 0.3) is 0 Å². The minimum atomic E-state index is -0.196. The summed E-state index contributed by atoms with van der Waals surface area (Å²) in [6, 6.07) is 8.17. The molecule has 1 aromatic heterocycles. The van der Waals surface area contributed by atoms with Gasteiger partial charge < -0.3 is 5.32 Å². The lowest BCUT2D eigenvalue weighted by atomic mass is 9.73. The van der Waals surface area contributed by atoms with Crippen LogP contribution in [0.5, 0.6) is 0 Å². The highest BCUT2D eigenvalue weighted by Crippen LogP contribution is 2.45. The maximum atomic E-state index is 12.9. The molecule has 0 fully saturated rings. The number of fused-ring (bicyclic) bond motifs is 1. The molecule has 124 valence electrons. The van der Waals surface area contributed by atoms with Gasteiger partial charge in [-0.05, 0) is 35.8 Å². The van der Waals surface area contributed by atoms with Gasteiger partial charge in [-0.25, -0.2) is 4.68 Å². The predicted molar refractivity (Wildman–Crippen MR) is 95.1 cm³/mol. The molecule has 0 saturated carbocycles. The van der Waals surface area contributed by atoms with E-state index in [4.69, 9.17) is 0 Å². The van der Waals surface area contributed by atoms with Crippen molar-refractivity contribution in [1.29, 1.82) is 0 Å². The largest absolute Gasteiger partial charge is 0.328 e. The Morgan fingerprint density at radius 1 is 1.25 bits per heavy atom. The van der Waals surface area contributed by atoms with Gasteiger partial charge in [0, 0.05) is 22.6 Å². The van der Waals surface area contributed by atoms with Crippen molar-refractivity contribution < 1.29 is 4.79 Å². The summed E-state index contributed by atoms with van der Waals surface area (Å²) in [5.74, 6) is 0.909. The predicted octanol–water partition coefficient (Wildman–Crippen LogP) is 3.66. The fourth-order valence-electron chi connectivity index (χ4n) is 3.64. The molecule has 1 atom stereocenters. The van der Waals surface area contributed by atoms with Gasteiger partial charge in [-0.2, -0.15) is 10.1 Å². The third kappa shape index (κ3) is 2.45. The van der Waals surface area contributed by atoms with E-state index in [9.17, 15) is 4.79 Å². The summed E-state index contributed by atoms with van der Waals surface area (Å²) >= 11 is 1.71. The van der Waals surface area contributed by atoms with Crippen molar-refractivity contribution >= 4 is 23.5 Å². The molecule has 0 amide bonds. The van der Waals surface area contributed by atoms with Gasteiger partial charge in [-0.15, -0.1) is 11.8 Å². The summed E-state index contributed by atoms with van der Waals surface area (Å²) in [6.45, 7) is 4.27. The average molecular weight is 340 g/mol. The van der Waals surface area contributed by atoms with Gasteiger partial charge in [0.05, 0.1) is 0 Å². The molecule has 0 radical (unpaired) electrons. The molecule has 0 unspecified atom stereocenters. The quantitative estimate of drug-likeness (QED) is 0.846. The Kier molecular flexibility index (Phi) is 3.53. The van der Waals surface area contributed by atoms with Crippen molar-refractivity contribution in [1.82, 2.24) is 14.8 Å². The average Bonchev–Trinajstić information content (AvgIpc) is 3.00. The van der Waals surface area contributed by atoms with Gasteiger partial charge in [0.15, 0.2) is 5.78 Å². The number of carbonyl (C=O) groups excluding carboxylic acids is 1. The third-order valence-electron chi connectivity index (χ3n) is 4.71. The van der Waals surface area contributed by atoms with E-state index in [-0.39, 0.29) is 17.2 Å². The second-order valence-electron chi connectivity index (χ2n) is 7.16. The summed E-state index contributed by atoms with van der Waals surface area (Å²) in [6.07, 6.45) is 5.01. The number of nitrogens with zero attached hydrogens (tertiary/aromatic N) is 3. The van der Waals surface area contributed by atoms with Gasteiger partial charge in [0.1, 0.15) is 12.4 Å². The number of aromatic nitrogens is 3. The normalized spacial score (nSPS) is 22.0. The van der Waals surface area contributed by atoms with Crippen molar-refractivity contribution in [3.05, 3.63) is 47.4 Å². The Hall–Kier alpha value is -2.08. The Balaban J connectivity index is 1.86. The Morgan fingerprint density at radius 2 is 2.00 bits per heavy atom.